The van der Waals surface area contributed by atoms with Crippen molar-refractivity contribution in [2.75, 3.05) is 5.32 Å². The summed E-state index contributed by atoms with van der Waals surface area (Å²) in [7, 11) is 0. The molecule has 32 heavy (non-hydrogen) atoms. The highest BCUT2D eigenvalue weighted by molar-refractivity contribution is 6.30. The van der Waals surface area contributed by atoms with Crippen molar-refractivity contribution in [2.45, 2.75) is 43.5 Å². The third-order valence-corrected chi connectivity index (χ3v) is 6.22. The van der Waals surface area contributed by atoms with Gasteiger partial charge in [0.15, 0.2) is 5.60 Å². The molecule has 3 aromatic rings. The molecule has 0 saturated heterocycles. The summed E-state index contributed by atoms with van der Waals surface area (Å²) >= 11 is 6.04. The molecule has 2 aromatic carbocycles. The summed E-state index contributed by atoms with van der Waals surface area (Å²) in [6.07, 6.45) is -5.53. The van der Waals surface area contributed by atoms with E-state index in [1.807, 2.05) is 0 Å². The van der Waals surface area contributed by atoms with E-state index in [4.69, 9.17) is 11.6 Å². The molecule has 0 aliphatic heterocycles. The van der Waals surface area contributed by atoms with E-state index in [2.05, 4.69) is 10.3 Å². The highest BCUT2D eigenvalue weighted by atomic mass is 35.5. The third kappa shape index (κ3) is 3.59. The van der Waals surface area contributed by atoms with E-state index >= 15 is 0 Å². The summed E-state index contributed by atoms with van der Waals surface area (Å²) in [5.74, 6) is -1.86. The molecule has 1 unspecified atom stereocenters. The van der Waals surface area contributed by atoms with Crippen molar-refractivity contribution < 1.29 is 27.8 Å². The van der Waals surface area contributed by atoms with E-state index < -0.39 is 41.5 Å². The van der Waals surface area contributed by atoms with Crippen LogP contribution >= 0.6 is 11.6 Å². The number of rotatable bonds is 3. The molecular formula is C22H19ClF4N2O3. The van der Waals surface area contributed by atoms with Crippen LogP contribution in [0.4, 0.5) is 23.2 Å². The molecule has 0 fully saturated rings. The normalized spacial score (nSPS) is 23.2. The summed E-state index contributed by atoms with van der Waals surface area (Å²) in [5.41, 5.74) is -3.52. The quantitative estimate of drug-likeness (QED) is 0.388. The Morgan fingerprint density at radius 3 is 2.62 bits per heavy atom. The van der Waals surface area contributed by atoms with Crippen molar-refractivity contribution in [3.05, 3.63) is 68.7 Å². The van der Waals surface area contributed by atoms with Crippen LogP contribution < -0.4 is 10.9 Å². The van der Waals surface area contributed by atoms with Gasteiger partial charge in [-0.05, 0) is 54.7 Å². The summed E-state index contributed by atoms with van der Waals surface area (Å²) in [5, 5.41) is 24.3. The van der Waals surface area contributed by atoms with Gasteiger partial charge in [-0.1, -0.05) is 18.5 Å². The van der Waals surface area contributed by atoms with Crippen LogP contribution in [0.25, 0.3) is 10.9 Å². The van der Waals surface area contributed by atoms with Crippen molar-refractivity contribution in [3.63, 3.8) is 0 Å². The minimum atomic E-state index is -5.05. The first kappa shape index (κ1) is 22.4. The van der Waals surface area contributed by atoms with Gasteiger partial charge in [0.1, 0.15) is 11.6 Å². The highest BCUT2D eigenvalue weighted by Crippen LogP contribution is 2.55. The van der Waals surface area contributed by atoms with E-state index in [9.17, 15) is 32.6 Å². The van der Waals surface area contributed by atoms with E-state index in [0.29, 0.717) is 0 Å². The Kier molecular flexibility index (Phi) is 5.37. The van der Waals surface area contributed by atoms with Crippen molar-refractivity contribution in [1.82, 2.24) is 4.98 Å². The molecule has 0 saturated carbocycles. The Morgan fingerprint density at radius 1 is 1.25 bits per heavy atom. The minimum absolute atomic E-state index is 0.0113. The fourth-order valence-corrected chi connectivity index (χ4v) is 4.72. The molecule has 4 N–H and O–H groups in total. The highest BCUT2D eigenvalue weighted by Gasteiger charge is 2.62. The van der Waals surface area contributed by atoms with Crippen LogP contribution in [-0.2, 0) is 0 Å². The lowest BCUT2D eigenvalue weighted by atomic mass is 9.69. The Hall–Kier alpha value is -2.78. The van der Waals surface area contributed by atoms with E-state index in [1.54, 1.807) is 6.92 Å². The zero-order valence-corrected chi connectivity index (χ0v) is 17.5. The van der Waals surface area contributed by atoms with Gasteiger partial charge in [-0.15, -0.1) is 0 Å². The number of pyridine rings is 1. The predicted octanol–water partition coefficient (Wildman–Crippen LogP) is 5.37. The first-order chi connectivity index (χ1) is 14.9. The number of alkyl halides is 3. The number of fused-ring (bicyclic) bond motifs is 2. The average Bonchev–Trinajstić information content (AvgIpc) is 2.68. The SMILES string of the molecule is CC[C@@H]1C[C@](O)(C(F)(F)F)C(Nc2cc(F)cc3[nH]c(=O)ccc23)c2cc(Cl)cc(O)c21. The average molecular weight is 471 g/mol. The molecule has 5 nitrogen and oxygen atoms in total. The van der Waals surface area contributed by atoms with Crippen molar-refractivity contribution >= 4 is 28.2 Å². The van der Waals surface area contributed by atoms with Gasteiger partial charge in [0, 0.05) is 27.7 Å². The molecule has 0 bridgehead atoms. The topological polar surface area (TPSA) is 85.4 Å². The Bertz CT molecular complexity index is 1260. The fraction of sp³-hybridized carbons (Fsp3) is 0.318. The molecule has 10 heteroatoms. The first-order valence-electron chi connectivity index (χ1n) is 9.85. The monoisotopic (exact) mass is 470 g/mol. The molecule has 1 aliphatic rings. The Labute approximate surface area is 184 Å². The number of phenols is 1. The van der Waals surface area contributed by atoms with E-state index in [0.717, 1.165) is 18.2 Å². The number of aliphatic hydroxyl groups is 1. The standard InChI is InChI=1S/C22H19ClF4N2O3/c1-2-10-9-21(32,22(25,26)27)20(14-5-11(23)6-17(30)19(10)14)29-16-8-12(24)7-15-13(16)3-4-18(31)28-15/h3-8,10,20,29-30,32H,2,9H2,1H3,(H,28,31)/t10-,20?,21-/m1/s1. The van der Waals surface area contributed by atoms with Crippen LogP contribution in [0.3, 0.4) is 0 Å². The van der Waals surface area contributed by atoms with Gasteiger partial charge in [0.25, 0.3) is 0 Å². The number of H-pyrrole nitrogens is 1. The van der Waals surface area contributed by atoms with Crippen LogP contribution in [0.2, 0.25) is 5.02 Å². The maximum Gasteiger partial charge on any atom is 0.419 e. The molecule has 1 aromatic heterocycles. The van der Waals surface area contributed by atoms with Gasteiger partial charge in [0.05, 0.1) is 11.6 Å². The number of halogens is 5. The Morgan fingerprint density at radius 2 is 1.97 bits per heavy atom. The van der Waals surface area contributed by atoms with Gasteiger partial charge in [-0.25, -0.2) is 4.39 Å². The van der Waals surface area contributed by atoms with Crippen molar-refractivity contribution in [3.8, 4) is 5.75 Å². The molecule has 0 amide bonds. The molecule has 3 atom stereocenters. The van der Waals surface area contributed by atoms with Crippen LogP contribution in [0.5, 0.6) is 5.75 Å². The van der Waals surface area contributed by atoms with Gasteiger partial charge in [0.2, 0.25) is 5.56 Å². The summed E-state index contributed by atoms with van der Waals surface area (Å²) in [4.78, 5) is 14.0. The number of benzene rings is 2. The lowest BCUT2D eigenvalue weighted by molar-refractivity contribution is -0.272. The maximum atomic E-state index is 14.2. The second kappa shape index (κ2) is 7.67. The molecule has 1 heterocycles. The zero-order valence-electron chi connectivity index (χ0n) is 16.7. The summed E-state index contributed by atoms with van der Waals surface area (Å²) < 4.78 is 56.9. The number of aromatic amines is 1. The molecule has 4 rings (SSSR count). The minimum Gasteiger partial charge on any atom is -0.508 e. The fourth-order valence-electron chi connectivity index (χ4n) is 4.50. The number of aromatic hydroxyl groups is 1. The molecule has 0 radical (unpaired) electrons. The van der Waals surface area contributed by atoms with Crippen LogP contribution in [0.1, 0.15) is 42.9 Å². The second-order valence-electron chi connectivity index (χ2n) is 7.97. The smallest absolute Gasteiger partial charge is 0.419 e. The van der Waals surface area contributed by atoms with Crippen LogP contribution in [-0.4, -0.2) is 27.0 Å². The van der Waals surface area contributed by atoms with Gasteiger partial charge in [-0.2, -0.15) is 13.2 Å². The molecule has 170 valence electrons. The molecular weight excluding hydrogens is 452 g/mol. The maximum absolute atomic E-state index is 14.2. The van der Waals surface area contributed by atoms with Gasteiger partial charge < -0.3 is 20.5 Å². The Balaban J connectivity index is 1.97. The van der Waals surface area contributed by atoms with Gasteiger partial charge >= 0.3 is 6.18 Å². The van der Waals surface area contributed by atoms with E-state index in [1.165, 1.54) is 18.2 Å². The van der Waals surface area contributed by atoms with Crippen LogP contribution in [0.15, 0.2) is 41.2 Å². The number of aromatic nitrogens is 1. The number of hydrogen-bond donors (Lipinski definition) is 4. The predicted molar refractivity (Wildman–Crippen MR) is 113 cm³/mol. The zero-order chi connectivity index (χ0) is 23.4. The molecule has 0 spiro atoms. The number of anilines is 1. The lowest BCUT2D eigenvalue weighted by Gasteiger charge is -2.46. The first-order valence-corrected chi connectivity index (χ1v) is 10.2. The summed E-state index contributed by atoms with van der Waals surface area (Å²) in [6.45, 7) is 1.66. The number of phenolic OH excluding ortho intramolecular Hbond substituents is 1. The number of nitrogens with one attached hydrogen (secondary N) is 2. The van der Waals surface area contributed by atoms with Gasteiger partial charge in [-0.3, -0.25) is 4.79 Å². The van der Waals surface area contributed by atoms with Crippen molar-refractivity contribution in [2.24, 2.45) is 0 Å². The largest absolute Gasteiger partial charge is 0.508 e. The molecule has 1 aliphatic carbocycles. The number of hydrogen-bond acceptors (Lipinski definition) is 4. The summed E-state index contributed by atoms with van der Waals surface area (Å²) in [6, 6.07) is 5.22. The third-order valence-electron chi connectivity index (χ3n) is 6.00. The lowest BCUT2D eigenvalue weighted by Crippen LogP contribution is -2.55. The second-order valence-corrected chi connectivity index (χ2v) is 8.41. The van der Waals surface area contributed by atoms with Crippen LogP contribution in [0, 0.1) is 5.82 Å². The van der Waals surface area contributed by atoms with E-state index in [-0.39, 0.29) is 44.9 Å². The van der Waals surface area contributed by atoms with Crippen molar-refractivity contribution in [1.29, 1.82) is 0 Å².